The third kappa shape index (κ3) is 3.24. The van der Waals surface area contributed by atoms with Crippen LogP contribution in [0.1, 0.15) is 41.7 Å². The summed E-state index contributed by atoms with van der Waals surface area (Å²) in [5, 5.41) is 11.7. The molecule has 4 heteroatoms. The first kappa shape index (κ1) is 24.3. The molecule has 0 atom stereocenters. The van der Waals surface area contributed by atoms with Crippen LogP contribution in [0.2, 0.25) is 0 Å². The SMILES string of the molecule is Cc1c[n+](C)c(-c2c(C)ccc3c2oc2c(-c4ccc5c(c4)C(C)(C)c4ccccc4-5)ccc(C#N)c23)cc1F. The fraction of sp³-hybridized carbons (Fsp3) is 0.167. The van der Waals surface area contributed by atoms with Gasteiger partial charge in [-0.15, -0.1) is 0 Å². The highest BCUT2D eigenvalue weighted by atomic mass is 19.1. The Balaban J connectivity index is 1.52. The van der Waals surface area contributed by atoms with Gasteiger partial charge < -0.3 is 4.42 Å². The van der Waals surface area contributed by atoms with Crippen molar-refractivity contribution in [1.29, 1.82) is 5.26 Å². The molecule has 7 rings (SSSR count). The molecule has 40 heavy (non-hydrogen) atoms. The number of benzene rings is 4. The van der Waals surface area contributed by atoms with E-state index in [0.29, 0.717) is 22.3 Å². The van der Waals surface area contributed by atoms with Gasteiger partial charge in [-0.3, -0.25) is 0 Å². The minimum Gasteiger partial charge on any atom is -0.454 e. The minimum atomic E-state index is -0.263. The second-order valence-electron chi connectivity index (χ2n) is 11.4. The number of aryl methyl sites for hydroxylation is 3. The van der Waals surface area contributed by atoms with Crippen molar-refractivity contribution in [3.8, 4) is 39.6 Å². The number of rotatable bonds is 2. The molecule has 3 nitrogen and oxygen atoms in total. The molecular formula is C36H28FN2O+. The monoisotopic (exact) mass is 523 g/mol. The molecule has 0 saturated heterocycles. The Hall–Kier alpha value is -4.75. The van der Waals surface area contributed by atoms with Crippen LogP contribution in [-0.4, -0.2) is 0 Å². The molecule has 0 fully saturated rings. The Morgan fingerprint density at radius 1 is 0.825 bits per heavy atom. The van der Waals surface area contributed by atoms with Crippen LogP contribution in [0, 0.1) is 31.0 Å². The molecule has 6 aromatic rings. The van der Waals surface area contributed by atoms with Gasteiger partial charge in [-0.1, -0.05) is 62.4 Å². The number of hydrogen-bond acceptors (Lipinski definition) is 2. The van der Waals surface area contributed by atoms with Gasteiger partial charge in [0.1, 0.15) is 24.0 Å². The normalized spacial score (nSPS) is 13.4. The second kappa shape index (κ2) is 8.37. The average Bonchev–Trinajstić information content (AvgIpc) is 3.44. The number of nitrogens with zero attached hydrogens (tertiary/aromatic N) is 2. The number of aromatic nitrogens is 1. The van der Waals surface area contributed by atoms with Crippen LogP contribution in [-0.2, 0) is 12.5 Å². The lowest BCUT2D eigenvalue weighted by atomic mass is 9.81. The predicted molar refractivity (Wildman–Crippen MR) is 157 cm³/mol. The number of furan rings is 1. The molecule has 1 aliphatic rings. The third-order valence-electron chi connectivity index (χ3n) is 8.68. The molecule has 1 aliphatic carbocycles. The number of nitriles is 1. The van der Waals surface area contributed by atoms with Gasteiger partial charge in [0, 0.05) is 33.4 Å². The van der Waals surface area contributed by atoms with Gasteiger partial charge in [0.2, 0.25) is 5.69 Å². The largest absolute Gasteiger partial charge is 0.454 e. The lowest BCUT2D eigenvalue weighted by Gasteiger charge is -2.22. The molecule has 2 heterocycles. The van der Waals surface area contributed by atoms with Crippen LogP contribution >= 0.6 is 0 Å². The van der Waals surface area contributed by atoms with E-state index in [1.807, 2.05) is 42.8 Å². The predicted octanol–water partition coefficient (Wildman–Crippen LogP) is 8.68. The number of fused-ring (bicyclic) bond motifs is 6. The molecule has 0 N–H and O–H groups in total. The average molecular weight is 524 g/mol. The topological polar surface area (TPSA) is 40.8 Å². The Bertz CT molecular complexity index is 2090. The van der Waals surface area contributed by atoms with Crippen molar-refractivity contribution in [3.05, 3.63) is 113 Å². The molecule has 0 amide bonds. The highest BCUT2D eigenvalue weighted by Gasteiger charge is 2.35. The molecular weight excluding hydrogens is 495 g/mol. The molecule has 0 bridgehead atoms. The van der Waals surface area contributed by atoms with Crippen molar-refractivity contribution in [2.24, 2.45) is 7.05 Å². The fourth-order valence-corrected chi connectivity index (χ4v) is 6.56. The maximum absolute atomic E-state index is 14.8. The van der Waals surface area contributed by atoms with Crippen molar-refractivity contribution >= 4 is 21.9 Å². The summed E-state index contributed by atoms with van der Waals surface area (Å²) in [6.45, 7) is 8.31. The third-order valence-corrected chi connectivity index (χ3v) is 8.68. The van der Waals surface area contributed by atoms with E-state index in [1.165, 1.54) is 22.3 Å². The minimum absolute atomic E-state index is 0.129. The molecule has 4 aromatic carbocycles. The quantitative estimate of drug-likeness (QED) is 0.213. The van der Waals surface area contributed by atoms with Crippen LogP contribution in [0.3, 0.4) is 0 Å². The molecule has 0 radical (unpaired) electrons. The maximum Gasteiger partial charge on any atom is 0.219 e. The number of halogens is 1. The van der Waals surface area contributed by atoms with Gasteiger partial charge in [0.05, 0.1) is 17.2 Å². The van der Waals surface area contributed by atoms with Crippen molar-refractivity contribution < 1.29 is 13.4 Å². The molecule has 2 aromatic heterocycles. The smallest absolute Gasteiger partial charge is 0.219 e. The zero-order valence-corrected chi connectivity index (χ0v) is 23.2. The summed E-state index contributed by atoms with van der Waals surface area (Å²) in [6, 6.07) is 27.1. The zero-order chi connectivity index (χ0) is 27.9. The summed E-state index contributed by atoms with van der Waals surface area (Å²) in [5.41, 5.74) is 12.0. The molecule has 0 aliphatic heterocycles. The van der Waals surface area contributed by atoms with Gasteiger partial charge in [-0.05, 0) is 65.4 Å². The van der Waals surface area contributed by atoms with E-state index in [0.717, 1.165) is 38.7 Å². The summed E-state index contributed by atoms with van der Waals surface area (Å²) in [7, 11) is 1.92. The van der Waals surface area contributed by atoms with Crippen LogP contribution in [0.5, 0.6) is 0 Å². The molecule has 194 valence electrons. The van der Waals surface area contributed by atoms with Crippen molar-refractivity contribution in [2.75, 3.05) is 0 Å². The van der Waals surface area contributed by atoms with E-state index in [1.54, 1.807) is 19.2 Å². The van der Waals surface area contributed by atoms with Gasteiger partial charge >= 0.3 is 0 Å². The van der Waals surface area contributed by atoms with Crippen molar-refractivity contribution in [1.82, 2.24) is 0 Å². The summed E-state index contributed by atoms with van der Waals surface area (Å²) < 4.78 is 23.4. The van der Waals surface area contributed by atoms with Crippen LogP contribution < -0.4 is 4.57 Å². The Kier molecular flexibility index (Phi) is 5.09. The fourth-order valence-electron chi connectivity index (χ4n) is 6.56. The van der Waals surface area contributed by atoms with Gasteiger partial charge in [0.15, 0.2) is 6.20 Å². The first-order chi connectivity index (χ1) is 19.2. The van der Waals surface area contributed by atoms with Crippen LogP contribution in [0.25, 0.3) is 55.4 Å². The van der Waals surface area contributed by atoms with Crippen molar-refractivity contribution in [3.63, 3.8) is 0 Å². The van der Waals surface area contributed by atoms with E-state index in [-0.39, 0.29) is 11.2 Å². The number of pyridine rings is 1. The molecule has 0 unspecified atom stereocenters. The first-order valence-electron chi connectivity index (χ1n) is 13.5. The van der Waals surface area contributed by atoms with E-state index in [9.17, 15) is 9.65 Å². The Morgan fingerprint density at radius 3 is 2.38 bits per heavy atom. The molecule has 0 saturated carbocycles. The van der Waals surface area contributed by atoms with Gasteiger partial charge in [-0.2, -0.15) is 5.26 Å². The van der Waals surface area contributed by atoms with Gasteiger partial charge in [0.25, 0.3) is 0 Å². The van der Waals surface area contributed by atoms with E-state index >= 15 is 0 Å². The van der Waals surface area contributed by atoms with E-state index in [4.69, 9.17) is 4.42 Å². The Morgan fingerprint density at radius 2 is 1.57 bits per heavy atom. The highest BCUT2D eigenvalue weighted by Crippen LogP contribution is 2.50. The summed E-state index contributed by atoms with van der Waals surface area (Å²) in [5.74, 6) is -0.263. The molecule has 0 spiro atoms. The van der Waals surface area contributed by atoms with E-state index < -0.39 is 0 Å². The highest BCUT2D eigenvalue weighted by molar-refractivity contribution is 6.15. The Labute approximate surface area is 232 Å². The summed E-state index contributed by atoms with van der Waals surface area (Å²) in [4.78, 5) is 0. The summed E-state index contributed by atoms with van der Waals surface area (Å²) >= 11 is 0. The standard InChI is InChI=1S/C36H28FN2O/c1-20-10-13-27-33-23(18-38)12-14-24(34(33)40-35(27)32(20)31-17-30(37)21(2)19-39(31)5)22-11-15-26-25-8-6-7-9-28(25)36(3,4)29(26)16-22/h6-17,19H,1-5H3/q+1. The second-order valence-corrected chi connectivity index (χ2v) is 11.4. The first-order valence-corrected chi connectivity index (χ1v) is 13.5. The summed E-state index contributed by atoms with van der Waals surface area (Å²) in [6.07, 6.45) is 1.79. The lowest BCUT2D eigenvalue weighted by Crippen LogP contribution is -2.31. The van der Waals surface area contributed by atoms with Crippen LogP contribution in [0.4, 0.5) is 4.39 Å². The van der Waals surface area contributed by atoms with Gasteiger partial charge in [-0.25, -0.2) is 8.96 Å². The van der Waals surface area contributed by atoms with Crippen molar-refractivity contribution in [2.45, 2.75) is 33.1 Å². The lowest BCUT2D eigenvalue weighted by molar-refractivity contribution is -0.661. The number of hydrogen-bond donors (Lipinski definition) is 0. The zero-order valence-electron chi connectivity index (χ0n) is 23.2. The van der Waals surface area contributed by atoms with Crippen LogP contribution in [0.15, 0.2) is 83.4 Å². The maximum atomic E-state index is 14.8. The van der Waals surface area contributed by atoms with E-state index in [2.05, 4.69) is 62.4 Å².